The van der Waals surface area contributed by atoms with Gasteiger partial charge in [0.05, 0.1) is 5.75 Å². The van der Waals surface area contributed by atoms with Crippen LogP contribution >= 0.6 is 11.8 Å². The van der Waals surface area contributed by atoms with E-state index >= 15 is 0 Å². The molecule has 0 spiro atoms. The summed E-state index contributed by atoms with van der Waals surface area (Å²) >= 11 is 0.856. The van der Waals surface area contributed by atoms with E-state index in [1.165, 1.54) is 13.0 Å². The van der Waals surface area contributed by atoms with Crippen LogP contribution < -0.4 is 5.32 Å². The van der Waals surface area contributed by atoms with E-state index in [-0.39, 0.29) is 10.9 Å². The molecule has 0 saturated heterocycles. The molecule has 1 aromatic carbocycles. The first kappa shape index (κ1) is 14.2. The van der Waals surface area contributed by atoms with Gasteiger partial charge in [0.25, 0.3) is 0 Å². The molecule has 0 fully saturated rings. The lowest BCUT2D eigenvalue weighted by atomic mass is 10.2. The van der Waals surface area contributed by atoms with E-state index in [1.807, 2.05) is 30.3 Å². The van der Waals surface area contributed by atoms with Crippen molar-refractivity contribution < 1.29 is 14.4 Å². The third-order valence-corrected chi connectivity index (χ3v) is 2.70. The summed E-state index contributed by atoms with van der Waals surface area (Å²) in [6.45, 7) is 1.25. The number of imide groups is 1. The first-order valence-electron chi connectivity index (χ1n) is 5.28. The van der Waals surface area contributed by atoms with Crippen molar-refractivity contribution in [1.29, 1.82) is 0 Å². The van der Waals surface area contributed by atoms with Crippen molar-refractivity contribution >= 4 is 34.8 Å². The third kappa shape index (κ3) is 6.00. The Bertz CT molecular complexity index is 468. The highest BCUT2D eigenvalue weighted by Crippen LogP contribution is 2.06. The summed E-state index contributed by atoms with van der Waals surface area (Å²) < 4.78 is 0. The average molecular weight is 263 g/mol. The number of nitrogens with one attached hydrogen (secondary N) is 1. The van der Waals surface area contributed by atoms with Gasteiger partial charge in [-0.1, -0.05) is 48.2 Å². The first-order chi connectivity index (χ1) is 8.58. The number of rotatable bonds is 4. The van der Waals surface area contributed by atoms with E-state index in [0.717, 1.165) is 17.3 Å². The highest BCUT2D eigenvalue weighted by molar-refractivity contribution is 8.14. The maximum absolute atomic E-state index is 11.4. The number of hydrogen-bond acceptors (Lipinski definition) is 4. The Balaban J connectivity index is 2.36. The van der Waals surface area contributed by atoms with Gasteiger partial charge in [0.15, 0.2) is 0 Å². The second-order valence-corrected chi connectivity index (χ2v) is 4.44. The molecule has 4 nitrogen and oxygen atoms in total. The molecule has 0 aromatic heterocycles. The molecule has 0 aliphatic heterocycles. The maximum Gasteiger partial charge on any atom is 0.237 e. The molecule has 0 unspecified atom stereocenters. The van der Waals surface area contributed by atoms with Gasteiger partial charge in [-0.05, 0) is 11.6 Å². The summed E-state index contributed by atoms with van der Waals surface area (Å²) in [6, 6.07) is 9.38. The molecule has 1 N–H and O–H groups in total. The zero-order chi connectivity index (χ0) is 13.4. The molecule has 0 aliphatic rings. The van der Waals surface area contributed by atoms with Crippen LogP contribution in [0.4, 0.5) is 0 Å². The van der Waals surface area contributed by atoms with Crippen molar-refractivity contribution in [2.45, 2.75) is 6.92 Å². The number of thioether (sulfide) groups is 1. The normalized spacial score (nSPS) is 10.3. The molecule has 2 amide bonds. The SMILES string of the molecule is CC(=O)NC(=O)CSC(=O)C=Cc1ccccc1. The van der Waals surface area contributed by atoms with Gasteiger partial charge < -0.3 is 0 Å². The second kappa shape index (κ2) is 7.45. The topological polar surface area (TPSA) is 63.2 Å². The molecule has 0 atom stereocenters. The van der Waals surface area contributed by atoms with Crippen LogP contribution in [0.3, 0.4) is 0 Å². The molecule has 1 rings (SSSR count). The Hall–Kier alpha value is -1.88. The van der Waals surface area contributed by atoms with Crippen LogP contribution in [0, 0.1) is 0 Å². The monoisotopic (exact) mass is 263 g/mol. The summed E-state index contributed by atoms with van der Waals surface area (Å²) in [5.74, 6) is -0.945. The Labute approximate surface area is 109 Å². The van der Waals surface area contributed by atoms with Crippen molar-refractivity contribution in [3.8, 4) is 0 Å². The fourth-order valence-corrected chi connectivity index (χ4v) is 1.66. The van der Waals surface area contributed by atoms with E-state index in [4.69, 9.17) is 0 Å². The van der Waals surface area contributed by atoms with Gasteiger partial charge in [0.2, 0.25) is 16.9 Å². The molecule has 94 valence electrons. The van der Waals surface area contributed by atoms with Crippen LogP contribution in [0.25, 0.3) is 6.08 Å². The fourth-order valence-electron chi connectivity index (χ4n) is 1.15. The number of hydrogen-bond donors (Lipinski definition) is 1. The molecular weight excluding hydrogens is 250 g/mol. The molecule has 18 heavy (non-hydrogen) atoms. The quantitative estimate of drug-likeness (QED) is 0.838. The molecule has 0 bridgehead atoms. The Kier molecular flexibility index (Phi) is 5.87. The zero-order valence-electron chi connectivity index (χ0n) is 9.88. The van der Waals surface area contributed by atoms with E-state index in [9.17, 15) is 14.4 Å². The zero-order valence-corrected chi connectivity index (χ0v) is 10.7. The Morgan fingerprint density at radius 1 is 1.22 bits per heavy atom. The van der Waals surface area contributed by atoms with Gasteiger partial charge in [0.1, 0.15) is 0 Å². The molecule has 1 aromatic rings. The van der Waals surface area contributed by atoms with Gasteiger partial charge >= 0.3 is 0 Å². The van der Waals surface area contributed by atoms with Crippen molar-refractivity contribution in [3.05, 3.63) is 42.0 Å². The van der Waals surface area contributed by atoms with E-state index in [0.29, 0.717) is 0 Å². The lowest BCUT2D eigenvalue weighted by Gasteiger charge is -1.98. The molecule has 0 heterocycles. The maximum atomic E-state index is 11.4. The predicted molar refractivity (Wildman–Crippen MR) is 71.8 cm³/mol. The molecule has 5 heteroatoms. The molecule has 0 saturated carbocycles. The predicted octanol–water partition coefficient (Wildman–Crippen LogP) is 1.62. The van der Waals surface area contributed by atoms with Crippen molar-refractivity contribution in [2.24, 2.45) is 0 Å². The highest BCUT2D eigenvalue weighted by Gasteiger charge is 2.06. The van der Waals surface area contributed by atoms with Crippen molar-refractivity contribution in [3.63, 3.8) is 0 Å². The van der Waals surface area contributed by atoms with E-state index < -0.39 is 11.8 Å². The van der Waals surface area contributed by atoms with Gasteiger partial charge in [-0.25, -0.2) is 0 Å². The minimum atomic E-state index is -0.464. The summed E-state index contributed by atoms with van der Waals surface area (Å²) in [7, 11) is 0. The number of amides is 2. The smallest absolute Gasteiger partial charge is 0.237 e. The third-order valence-electron chi connectivity index (χ3n) is 1.87. The largest absolute Gasteiger partial charge is 0.296 e. The van der Waals surface area contributed by atoms with Crippen molar-refractivity contribution in [2.75, 3.05) is 5.75 Å². The van der Waals surface area contributed by atoms with E-state index in [2.05, 4.69) is 5.32 Å². The van der Waals surface area contributed by atoms with E-state index in [1.54, 1.807) is 6.08 Å². The summed E-state index contributed by atoms with van der Waals surface area (Å²) in [4.78, 5) is 33.1. The van der Waals surface area contributed by atoms with Crippen LogP contribution in [0.2, 0.25) is 0 Å². The average Bonchev–Trinajstić information content (AvgIpc) is 2.34. The Morgan fingerprint density at radius 3 is 2.50 bits per heavy atom. The number of carbonyl (C=O) groups is 3. The minimum absolute atomic E-state index is 0.0580. The van der Waals surface area contributed by atoms with Crippen LogP contribution in [0.1, 0.15) is 12.5 Å². The summed E-state index contributed by atoms with van der Waals surface area (Å²) in [5, 5.41) is 1.87. The molecule has 0 aliphatic carbocycles. The van der Waals surface area contributed by atoms with Gasteiger partial charge in [-0.15, -0.1) is 0 Å². The van der Waals surface area contributed by atoms with Crippen molar-refractivity contribution in [1.82, 2.24) is 5.32 Å². The summed E-state index contributed by atoms with van der Waals surface area (Å²) in [5.41, 5.74) is 0.916. The molecular formula is C13H13NO3S. The summed E-state index contributed by atoms with van der Waals surface area (Å²) in [6.07, 6.45) is 3.08. The lowest BCUT2D eigenvalue weighted by Crippen LogP contribution is -2.29. The Morgan fingerprint density at radius 2 is 1.89 bits per heavy atom. The lowest BCUT2D eigenvalue weighted by molar-refractivity contribution is -0.127. The first-order valence-corrected chi connectivity index (χ1v) is 6.27. The highest BCUT2D eigenvalue weighted by atomic mass is 32.2. The van der Waals surface area contributed by atoms with Crippen LogP contribution in [-0.4, -0.2) is 22.7 Å². The fraction of sp³-hybridized carbons (Fsp3) is 0.154. The standard InChI is InChI=1S/C13H13NO3S/c1-10(15)14-12(16)9-18-13(17)8-7-11-5-3-2-4-6-11/h2-8H,9H2,1H3,(H,14,15,16). The number of benzene rings is 1. The van der Waals surface area contributed by atoms with Crippen LogP contribution in [-0.2, 0) is 14.4 Å². The van der Waals surface area contributed by atoms with Crippen LogP contribution in [0.15, 0.2) is 36.4 Å². The van der Waals surface area contributed by atoms with Gasteiger partial charge in [-0.2, -0.15) is 0 Å². The minimum Gasteiger partial charge on any atom is -0.296 e. The van der Waals surface area contributed by atoms with Gasteiger partial charge in [0, 0.05) is 6.92 Å². The van der Waals surface area contributed by atoms with Crippen LogP contribution in [0.5, 0.6) is 0 Å². The number of carbonyl (C=O) groups excluding carboxylic acids is 3. The van der Waals surface area contributed by atoms with Gasteiger partial charge in [-0.3, -0.25) is 19.7 Å². The second-order valence-electron chi connectivity index (χ2n) is 3.46. The molecule has 0 radical (unpaired) electrons.